The second-order valence-corrected chi connectivity index (χ2v) is 1.48. The number of aliphatic imine (C=N–C) groups is 1. The minimum absolute atomic E-state index is 0.928. The molecule has 0 amide bonds. The van der Waals surface area contributed by atoms with E-state index in [-0.39, 0.29) is 0 Å². The van der Waals surface area contributed by atoms with Crippen molar-refractivity contribution in [3.05, 3.63) is 11.9 Å². The molecule has 0 bridgehead atoms. The fraction of sp³-hybridized carbons (Fsp3) is 0.400. The number of nitrogens with one attached hydrogen (secondary N) is 1. The van der Waals surface area contributed by atoms with Crippen LogP contribution in [0.5, 0.6) is 0 Å². The highest BCUT2D eigenvalue weighted by Gasteiger charge is 1.92. The summed E-state index contributed by atoms with van der Waals surface area (Å²) in [5.74, 6) is 0. The van der Waals surface area contributed by atoms with Gasteiger partial charge >= 0.3 is 0 Å². The molecule has 3 heteroatoms. The van der Waals surface area contributed by atoms with Crippen LogP contribution in [0.3, 0.4) is 0 Å². The maximum atomic E-state index is 4.66. The molecule has 0 aromatic carbocycles. The van der Waals surface area contributed by atoms with Gasteiger partial charge in [0.1, 0.15) is 0 Å². The molecule has 1 aliphatic rings. The number of hydrogen-bond acceptors (Lipinski definition) is 3. The molecule has 0 aromatic rings. The van der Waals surface area contributed by atoms with Crippen LogP contribution in [0.25, 0.3) is 0 Å². The van der Waals surface area contributed by atoms with Gasteiger partial charge in [-0.25, -0.2) is 10.5 Å². The average molecular weight is 112 g/mol. The van der Waals surface area contributed by atoms with Gasteiger partial charge in [-0.3, -0.25) is 0 Å². The van der Waals surface area contributed by atoms with Crippen molar-refractivity contribution in [2.24, 2.45) is 4.99 Å². The number of rotatable bonds is 1. The fourth-order valence-electron chi connectivity index (χ4n) is 0.443. The lowest BCUT2D eigenvalue weighted by Gasteiger charge is -2.07. The second kappa shape index (κ2) is 2.35. The zero-order valence-electron chi connectivity index (χ0n) is 4.72. The Labute approximate surface area is 48.0 Å². The van der Waals surface area contributed by atoms with Crippen LogP contribution in [0.1, 0.15) is 13.3 Å². The van der Waals surface area contributed by atoms with Crippen molar-refractivity contribution in [2.45, 2.75) is 13.3 Å². The minimum Gasteiger partial charge on any atom is -0.370 e. The summed E-state index contributed by atoms with van der Waals surface area (Å²) < 4.78 is 0. The molecule has 3 nitrogen and oxygen atoms in total. The molecule has 1 heterocycles. The van der Waals surface area contributed by atoms with Gasteiger partial charge in [0.05, 0.1) is 11.9 Å². The monoisotopic (exact) mass is 112 g/mol. The summed E-state index contributed by atoms with van der Waals surface area (Å²) in [5, 5.41) is 0. The third-order valence-corrected chi connectivity index (χ3v) is 0.915. The second-order valence-electron chi connectivity index (χ2n) is 1.48. The van der Waals surface area contributed by atoms with Crippen LogP contribution >= 0.6 is 0 Å². The van der Waals surface area contributed by atoms with Gasteiger partial charge in [0.25, 0.3) is 0 Å². The van der Waals surface area contributed by atoms with Crippen LogP contribution in [0, 0.1) is 0 Å². The molecule has 8 heavy (non-hydrogen) atoms. The van der Waals surface area contributed by atoms with E-state index >= 15 is 0 Å². The van der Waals surface area contributed by atoms with Crippen LogP contribution in [0.15, 0.2) is 16.9 Å². The quantitative estimate of drug-likeness (QED) is 0.544. The standard InChI is InChI=1S/C5H8N2O/c1-2-5-3-6-4-8-7-5/h3-4,7H,2H2,1H3. The lowest BCUT2D eigenvalue weighted by atomic mass is 10.4. The van der Waals surface area contributed by atoms with Crippen molar-refractivity contribution in [3.63, 3.8) is 0 Å². The van der Waals surface area contributed by atoms with Gasteiger partial charge in [0.15, 0.2) is 0 Å². The Kier molecular flexibility index (Phi) is 1.51. The Morgan fingerprint density at radius 1 is 1.88 bits per heavy atom. The van der Waals surface area contributed by atoms with Crippen LogP contribution in [0.2, 0.25) is 0 Å². The van der Waals surface area contributed by atoms with Crippen molar-refractivity contribution in [1.82, 2.24) is 5.48 Å². The Balaban J connectivity index is 2.50. The van der Waals surface area contributed by atoms with Crippen molar-refractivity contribution in [3.8, 4) is 0 Å². The van der Waals surface area contributed by atoms with Gasteiger partial charge in [0.2, 0.25) is 6.40 Å². The average Bonchev–Trinajstić information content (AvgIpc) is 1.90. The molecule has 0 unspecified atom stereocenters. The van der Waals surface area contributed by atoms with Crippen LogP contribution in [-0.2, 0) is 4.84 Å². The summed E-state index contributed by atoms with van der Waals surface area (Å²) in [6, 6.07) is 0. The molecule has 0 radical (unpaired) electrons. The zero-order valence-corrected chi connectivity index (χ0v) is 4.72. The Bertz CT molecular complexity index is 128. The SMILES string of the molecule is CCC1=CN=CON1. The molecule has 0 aromatic heterocycles. The Morgan fingerprint density at radius 2 is 2.75 bits per heavy atom. The smallest absolute Gasteiger partial charge is 0.208 e. The summed E-state index contributed by atoms with van der Waals surface area (Å²) >= 11 is 0. The highest BCUT2D eigenvalue weighted by molar-refractivity contribution is 5.48. The maximum Gasteiger partial charge on any atom is 0.208 e. The molecular weight excluding hydrogens is 104 g/mol. The molecular formula is C5H8N2O. The third-order valence-electron chi connectivity index (χ3n) is 0.915. The molecule has 1 N–H and O–H groups in total. The van der Waals surface area contributed by atoms with Crippen molar-refractivity contribution < 1.29 is 4.84 Å². The maximum absolute atomic E-state index is 4.66. The number of hydroxylamine groups is 1. The van der Waals surface area contributed by atoms with E-state index in [2.05, 4.69) is 15.3 Å². The van der Waals surface area contributed by atoms with Gasteiger partial charge < -0.3 is 4.84 Å². The number of allylic oxidation sites excluding steroid dienone is 1. The van der Waals surface area contributed by atoms with E-state index in [0.29, 0.717) is 0 Å². The highest BCUT2D eigenvalue weighted by atomic mass is 16.6. The molecule has 0 spiro atoms. The van der Waals surface area contributed by atoms with Crippen LogP contribution < -0.4 is 5.48 Å². The van der Waals surface area contributed by atoms with Gasteiger partial charge in [-0.1, -0.05) is 6.92 Å². The van der Waals surface area contributed by atoms with Crippen LogP contribution in [0.4, 0.5) is 0 Å². The third kappa shape index (κ3) is 0.992. The summed E-state index contributed by atoms with van der Waals surface area (Å²) in [6.45, 7) is 2.03. The lowest BCUT2D eigenvalue weighted by Crippen LogP contribution is -2.14. The predicted octanol–water partition coefficient (Wildman–Crippen LogP) is 0.801. The largest absolute Gasteiger partial charge is 0.370 e. The first kappa shape index (κ1) is 5.15. The molecule has 0 saturated heterocycles. The Hall–Kier alpha value is -0.990. The van der Waals surface area contributed by atoms with E-state index in [9.17, 15) is 0 Å². The topological polar surface area (TPSA) is 33.6 Å². The van der Waals surface area contributed by atoms with E-state index in [1.807, 2.05) is 6.92 Å². The van der Waals surface area contributed by atoms with Crippen LogP contribution in [-0.4, -0.2) is 6.40 Å². The molecule has 0 aliphatic carbocycles. The molecule has 0 fully saturated rings. The minimum atomic E-state index is 0.928. The molecule has 0 saturated carbocycles. The summed E-state index contributed by atoms with van der Waals surface area (Å²) in [4.78, 5) is 8.42. The first-order valence-electron chi connectivity index (χ1n) is 2.56. The number of nitrogens with zero attached hydrogens (tertiary/aromatic N) is 1. The predicted molar refractivity (Wildman–Crippen MR) is 31.1 cm³/mol. The van der Waals surface area contributed by atoms with E-state index in [1.165, 1.54) is 6.40 Å². The van der Waals surface area contributed by atoms with Gasteiger partial charge in [-0.05, 0) is 6.42 Å². The Morgan fingerprint density at radius 3 is 3.12 bits per heavy atom. The van der Waals surface area contributed by atoms with E-state index in [1.54, 1.807) is 6.20 Å². The van der Waals surface area contributed by atoms with Crippen molar-refractivity contribution >= 4 is 6.40 Å². The van der Waals surface area contributed by atoms with Gasteiger partial charge in [-0.15, -0.1) is 0 Å². The lowest BCUT2D eigenvalue weighted by molar-refractivity contribution is 0.218. The molecule has 0 atom stereocenters. The molecule has 1 aliphatic heterocycles. The van der Waals surface area contributed by atoms with Gasteiger partial charge in [0, 0.05) is 0 Å². The van der Waals surface area contributed by atoms with Crippen molar-refractivity contribution in [1.29, 1.82) is 0 Å². The van der Waals surface area contributed by atoms with E-state index in [4.69, 9.17) is 0 Å². The van der Waals surface area contributed by atoms with E-state index < -0.39 is 0 Å². The first-order valence-corrected chi connectivity index (χ1v) is 2.56. The summed E-state index contributed by atoms with van der Waals surface area (Å²) in [5.41, 5.74) is 3.69. The number of hydrogen-bond donors (Lipinski definition) is 1. The molecule has 44 valence electrons. The summed E-state index contributed by atoms with van der Waals surface area (Å²) in [6.07, 6.45) is 4.03. The normalized spacial score (nSPS) is 16.4. The highest BCUT2D eigenvalue weighted by Crippen LogP contribution is 1.97. The molecule has 1 rings (SSSR count). The summed E-state index contributed by atoms with van der Waals surface area (Å²) in [7, 11) is 0. The first-order chi connectivity index (χ1) is 3.93. The van der Waals surface area contributed by atoms with Crippen molar-refractivity contribution in [2.75, 3.05) is 0 Å². The van der Waals surface area contributed by atoms with Gasteiger partial charge in [-0.2, -0.15) is 0 Å². The fourth-order valence-corrected chi connectivity index (χ4v) is 0.443. The van der Waals surface area contributed by atoms with E-state index in [0.717, 1.165) is 12.1 Å². The zero-order chi connectivity index (χ0) is 5.82.